The van der Waals surface area contributed by atoms with E-state index in [4.69, 9.17) is 10.8 Å². The summed E-state index contributed by atoms with van der Waals surface area (Å²) < 4.78 is 13.0. The number of nitrogens with two attached hydrogens (primary N) is 1. The SMILES string of the molecule is NC1CCCc2cc(O)c(F)cc21. The van der Waals surface area contributed by atoms with Crippen molar-refractivity contribution in [3.8, 4) is 5.75 Å². The second-order valence-corrected chi connectivity index (χ2v) is 3.50. The van der Waals surface area contributed by atoms with Crippen molar-refractivity contribution in [1.82, 2.24) is 0 Å². The molecule has 1 unspecified atom stereocenters. The molecule has 70 valence electrons. The molecule has 1 aromatic carbocycles. The van der Waals surface area contributed by atoms with Crippen LogP contribution in [0, 0.1) is 5.82 Å². The molecule has 0 amide bonds. The molecule has 3 heteroatoms. The van der Waals surface area contributed by atoms with Gasteiger partial charge in [-0.05, 0) is 42.5 Å². The lowest BCUT2D eigenvalue weighted by Crippen LogP contribution is -2.17. The number of phenolic OH excluding ortho intramolecular Hbond substituents is 1. The van der Waals surface area contributed by atoms with E-state index >= 15 is 0 Å². The first-order chi connectivity index (χ1) is 6.18. The lowest BCUT2D eigenvalue weighted by atomic mass is 9.88. The Morgan fingerprint density at radius 1 is 1.46 bits per heavy atom. The second kappa shape index (κ2) is 3.00. The van der Waals surface area contributed by atoms with Crippen LogP contribution in [0.3, 0.4) is 0 Å². The van der Waals surface area contributed by atoms with Gasteiger partial charge >= 0.3 is 0 Å². The molecule has 0 radical (unpaired) electrons. The molecular formula is C10H12FNO. The molecule has 0 aromatic heterocycles. The van der Waals surface area contributed by atoms with Crippen molar-refractivity contribution in [3.05, 3.63) is 29.1 Å². The molecule has 0 saturated carbocycles. The first-order valence-electron chi connectivity index (χ1n) is 4.45. The van der Waals surface area contributed by atoms with E-state index in [0.29, 0.717) is 0 Å². The van der Waals surface area contributed by atoms with Gasteiger partial charge in [-0.3, -0.25) is 0 Å². The zero-order valence-electron chi connectivity index (χ0n) is 7.26. The van der Waals surface area contributed by atoms with Crippen molar-refractivity contribution in [1.29, 1.82) is 0 Å². The van der Waals surface area contributed by atoms with Crippen molar-refractivity contribution < 1.29 is 9.50 Å². The second-order valence-electron chi connectivity index (χ2n) is 3.50. The van der Waals surface area contributed by atoms with Gasteiger partial charge in [0, 0.05) is 6.04 Å². The maximum absolute atomic E-state index is 13.0. The molecule has 2 nitrogen and oxygen atoms in total. The quantitative estimate of drug-likeness (QED) is 0.641. The smallest absolute Gasteiger partial charge is 0.165 e. The predicted molar refractivity (Wildman–Crippen MR) is 47.9 cm³/mol. The van der Waals surface area contributed by atoms with E-state index in [-0.39, 0.29) is 11.8 Å². The molecular weight excluding hydrogens is 169 g/mol. The minimum absolute atomic E-state index is 0.0705. The lowest BCUT2D eigenvalue weighted by molar-refractivity contribution is 0.427. The fourth-order valence-electron chi connectivity index (χ4n) is 1.85. The maximum atomic E-state index is 13.0. The molecule has 2 rings (SSSR count). The lowest BCUT2D eigenvalue weighted by Gasteiger charge is -2.22. The molecule has 1 aromatic rings. The minimum atomic E-state index is -0.573. The normalized spacial score (nSPS) is 21.2. The van der Waals surface area contributed by atoms with Crippen LogP contribution in [0.5, 0.6) is 5.75 Å². The van der Waals surface area contributed by atoms with E-state index in [2.05, 4.69) is 0 Å². The van der Waals surface area contributed by atoms with Crippen molar-refractivity contribution in [3.63, 3.8) is 0 Å². The van der Waals surface area contributed by atoms with Gasteiger partial charge in [-0.25, -0.2) is 4.39 Å². The number of halogens is 1. The van der Waals surface area contributed by atoms with Crippen LogP contribution in [0.25, 0.3) is 0 Å². The predicted octanol–water partition coefficient (Wildman–Crippen LogP) is 1.87. The van der Waals surface area contributed by atoms with Gasteiger partial charge in [0.05, 0.1) is 0 Å². The summed E-state index contributed by atoms with van der Waals surface area (Å²) in [6.07, 6.45) is 2.80. The van der Waals surface area contributed by atoms with Gasteiger partial charge in [0.25, 0.3) is 0 Å². The van der Waals surface area contributed by atoms with Crippen LogP contribution in [0.1, 0.15) is 30.0 Å². The summed E-state index contributed by atoms with van der Waals surface area (Å²) >= 11 is 0. The molecule has 1 atom stereocenters. The average molecular weight is 181 g/mol. The van der Waals surface area contributed by atoms with Crippen LogP contribution in [-0.4, -0.2) is 5.11 Å². The van der Waals surface area contributed by atoms with Crippen molar-refractivity contribution in [2.75, 3.05) is 0 Å². The van der Waals surface area contributed by atoms with Gasteiger partial charge in [-0.15, -0.1) is 0 Å². The van der Waals surface area contributed by atoms with Crippen molar-refractivity contribution >= 4 is 0 Å². The number of hydrogen-bond acceptors (Lipinski definition) is 2. The third-order valence-corrected chi connectivity index (χ3v) is 2.57. The van der Waals surface area contributed by atoms with Crippen LogP contribution in [-0.2, 0) is 6.42 Å². The van der Waals surface area contributed by atoms with E-state index in [0.717, 1.165) is 30.4 Å². The van der Waals surface area contributed by atoms with E-state index < -0.39 is 5.82 Å². The van der Waals surface area contributed by atoms with Gasteiger partial charge in [0.2, 0.25) is 0 Å². The molecule has 0 bridgehead atoms. The first-order valence-corrected chi connectivity index (χ1v) is 4.45. The highest BCUT2D eigenvalue weighted by Crippen LogP contribution is 2.31. The van der Waals surface area contributed by atoms with Crippen molar-refractivity contribution in [2.24, 2.45) is 5.73 Å². The topological polar surface area (TPSA) is 46.2 Å². The Labute approximate surface area is 76.2 Å². The highest BCUT2D eigenvalue weighted by molar-refractivity contribution is 5.39. The molecule has 0 spiro atoms. The highest BCUT2D eigenvalue weighted by atomic mass is 19.1. The van der Waals surface area contributed by atoms with Gasteiger partial charge in [0.1, 0.15) is 0 Å². The van der Waals surface area contributed by atoms with Gasteiger partial charge in [-0.2, -0.15) is 0 Å². The van der Waals surface area contributed by atoms with Gasteiger partial charge in [0.15, 0.2) is 11.6 Å². The summed E-state index contributed by atoms with van der Waals surface area (Å²) in [5, 5.41) is 9.15. The molecule has 0 fully saturated rings. The van der Waals surface area contributed by atoms with Crippen LogP contribution in [0.15, 0.2) is 12.1 Å². The molecule has 3 N–H and O–H groups in total. The number of rotatable bonds is 0. The largest absolute Gasteiger partial charge is 0.505 e. The molecule has 1 aliphatic rings. The molecule has 0 saturated heterocycles. The third kappa shape index (κ3) is 1.40. The first kappa shape index (κ1) is 8.51. The van der Waals surface area contributed by atoms with E-state index in [1.54, 1.807) is 0 Å². The zero-order valence-corrected chi connectivity index (χ0v) is 7.26. The van der Waals surface area contributed by atoms with Gasteiger partial charge in [-0.1, -0.05) is 0 Å². The summed E-state index contributed by atoms with van der Waals surface area (Å²) in [7, 11) is 0. The van der Waals surface area contributed by atoms with Gasteiger partial charge < -0.3 is 10.8 Å². The van der Waals surface area contributed by atoms with E-state index in [1.165, 1.54) is 12.1 Å². The third-order valence-electron chi connectivity index (χ3n) is 2.57. The number of hydrogen-bond donors (Lipinski definition) is 2. The minimum Gasteiger partial charge on any atom is -0.505 e. The summed E-state index contributed by atoms with van der Waals surface area (Å²) in [5.74, 6) is -0.844. The van der Waals surface area contributed by atoms with Crippen molar-refractivity contribution in [2.45, 2.75) is 25.3 Å². The molecule has 13 heavy (non-hydrogen) atoms. The number of benzene rings is 1. The number of aryl methyl sites for hydroxylation is 1. The summed E-state index contributed by atoms with van der Waals surface area (Å²) in [5.41, 5.74) is 7.65. The molecule has 1 aliphatic carbocycles. The average Bonchev–Trinajstić information content (AvgIpc) is 2.09. The monoisotopic (exact) mass is 181 g/mol. The van der Waals surface area contributed by atoms with Crippen LogP contribution in [0.4, 0.5) is 4.39 Å². The zero-order chi connectivity index (χ0) is 9.42. The maximum Gasteiger partial charge on any atom is 0.165 e. The van der Waals surface area contributed by atoms with Crippen LogP contribution < -0.4 is 5.73 Å². The Bertz CT molecular complexity index is 338. The molecule has 0 aliphatic heterocycles. The number of fused-ring (bicyclic) bond motifs is 1. The Morgan fingerprint density at radius 3 is 3.00 bits per heavy atom. The summed E-state index contributed by atoms with van der Waals surface area (Å²) in [6, 6.07) is 2.77. The number of aromatic hydroxyl groups is 1. The fourth-order valence-corrected chi connectivity index (χ4v) is 1.85. The highest BCUT2D eigenvalue weighted by Gasteiger charge is 2.18. The standard InChI is InChI=1S/C10H12FNO/c11-8-5-7-6(4-10(8)13)2-1-3-9(7)12/h4-5,9,13H,1-3,12H2. The Kier molecular flexibility index (Phi) is 1.96. The Balaban J connectivity index is 2.52. The van der Waals surface area contributed by atoms with E-state index in [1.807, 2.05) is 0 Å². The number of phenols is 1. The Hall–Kier alpha value is -1.09. The van der Waals surface area contributed by atoms with Crippen LogP contribution in [0.2, 0.25) is 0 Å². The fraction of sp³-hybridized carbons (Fsp3) is 0.400. The van der Waals surface area contributed by atoms with Crippen LogP contribution >= 0.6 is 0 Å². The Morgan fingerprint density at radius 2 is 2.23 bits per heavy atom. The van der Waals surface area contributed by atoms with E-state index in [9.17, 15) is 4.39 Å². The summed E-state index contributed by atoms with van der Waals surface area (Å²) in [4.78, 5) is 0. The molecule has 0 heterocycles. The summed E-state index contributed by atoms with van der Waals surface area (Å²) in [6.45, 7) is 0.